The van der Waals surface area contributed by atoms with Gasteiger partial charge in [-0.25, -0.2) is 0 Å². The zero-order valence-corrected chi connectivity index (χ0v) is 16.2. The van der Waals surface area contributed by atoms with E-state index >= 15 is 0 Å². The van der Waals surface area contributed by atoms with Crippen LogP contribution in [0.25, 0.3) is 0 Å². The van der Waals surface area contributed by atoms with E-state index in [1.165, 1.54) is 5.56 Å². The molecule has 0 saturated carbocycles. The highest BCUT2D eigenvalue weighted by Gasteiger charge is 2.19. The van der Waals surface area contributed by atoms with Gasteiger partial charge in [-0.2, -0.15) is 0 Å². The largest absolute Gasteiger partial charge is 0.486 e. The molecular weight excluding hydrogens is 364 g/mol. The van der Waals surface area contributed by atoms with Gasteiger partial charge in [-0.05, 0) is 53.8 Å². The molecule has 0 saturated heterocycles. The first kappa shape index (κ1) is 19.0. The SMILES string of the molecule is O=C(CCc1ccncc1)N[C@H](Cc1ccccc1)c1ccc2c(c1)OCCO2. The summed E-state index contributed by atoms with van der Waals surface area (Å²) in [4.78, 5) is 16.7. The number of fused-ring (bicyclic) bond motifs is 1. The minimum absolute atomic E-state index is 0.0256. The Morgan fingerprint density at radius 3 is 2.48 bits per heavy atom. The number of carbonyl (C=O) groups is 1. The molecular formula is C24H24N2O3. The Labute approximate surface area is 170 Å². The van der Waals surface area contributed by atoms with Crippen molar-refractivity contribution in [1.29, 1.82) is 0 Å². The van der Waals surface area contributed by atoms with Crippen molar-refractivity contribution in [2.75, 3.05) is 13.2 Å². The van der Waals surface area contributed by atoms with E-state index in [-0.39, 0.29) is 11.9 Å². The number of aryl methyl sites for hydroxylation is 1. The predicted octanol–water partition coefficient (Wildman–Crippen LogP) is 3.89. The van der Waals surface area contributed by atoms with Gasteiger partial charge in [0.05, 0.1) is 6.04 Å². The van der Waals surface area contributed by atoms with Crippen molar-refractivity contribution in [3.05, 3.63) is 89.7 Å². The van der Waals surface area contributed by atoms with Gasteiger partial charge in [0.2, 0.25) is 5.91 Å². The van der Waals surface area contributed by atoms with Gasteiger partial charge in [-0.15, -0.1) is 0 Å². The van der Waals surface area contributed by atoms with Crippen LogP contribution in [-0.4, -0.2) is 24.1 Å². The third kappa shape index (κ3) is 5.13. The van der Waals surface area contributed by atoms with E-state index in [4.69, 9.17) is 9.47 Å². The van der Waals surface area contributed by atoms with E-state index < -0.39 is 0 Å². The lowest BCUT2D eigenvalue weighted by molar-refractivity contribution is -0.121. The van der Waals surface area contributed by atoms with Crippen LogP contribution in [0.1, 0.15) is 29.2 Å². The first-order valence-electron chi connectivity index (χ1n) is 9.90. The van der Waals surface area contributed by atoms with E-state index in [1.807, 2.05) is 48.5 Å². The van der Waals surface area contributed by atoms with Gasteiger partial charge < -0.3 is 14.8 Å². The van der Waals surface area contributed by atoms with Crippen LogP contribution in [0.15, 0.2) is 73.1 Å². The van der Waals surface area contributed by atoms with Gasteiger partial charge >= 0.3 is 0 Å². The summed E-state index contributed by atoms with van der Waals surface area (Å²) in [5.41, 5.74) is 3.28. The summed E-state index contributed by atoms with van der Waals surface area (Å²) in [7, 11) is 0. The average molecular weight is 388 g/mol. The van der Waals surface area contributed by atoms with E-state index in [1.54, 1.807) is 12.4 Å². The Kier molecular flexibility index (Phi) is 6.05. The molecule has 1 N–H and O–H groups in total. The molecule has 1 aromatic heterocycles. The number of nitrogens with one attached hydrogen (secondary N) is 1. The second-order valence-corrected chi connectivity index (χ2v) is 7.07. The van der Waals surface area contributed by atoms with Gasteiger partial charge in [0.15, 0.2) is 11.5 Å². The summed E-state index contributed by atoms with van der Waals surface area (Å²) in [6.45, 7) is 1.10. The fourth-order valence-electron chi connectivity index (χ4n) is 3.45. The van der Waals surface area contributed by atoms with Crippen LogP contribution >= 0.6 is 0 Å². The van der Waals surface area contributed by atoms with Crippen LogP contribution in [0.2, 0.25) is 0 Å². The van der Waals surface area contributed by atoms with E-state index in [2.05, 4.69) is 22.4 Å². The number of amides is 1. The number of aromatic nitrogens is 1. The first-order valence-corrected chi connectivity index (χ1v) is 9.90. The predicted molar refractivity (Wildman–Crippen MR) is 111 cm³/mol. The fourth-order valence-corrected chi connectivity index (χ4v) is 3.45. The third-order valence-corrected chi connectivity index (χ3v) is 4.98. The summed E-state index contributed by atoms with van der Waals surface area (Å²) >= 11 is 0. The normalized spacial score (nSPS) is 13.5. The lowest BCUT2D eigenvalue weighted by Crippen LogP contribution is -2.30. The van der Waals surface area contributed by atoms with Crippen molar-refractivity contribution < 1.29 is 14.3 Å². The molecule has 0 aliphatic carbocycles. The van der Waals surface area contributed by atoms with Crippen molar-refractivity contribution in [3.8, 4) is 11.5 Å². The molecule has 29 heavy (non-hydrogen) atoms. The smallest absolute Gasteiger partial charge is 0.220 e. The van der Waals surface area contributed by atoms with Gasteiger partial charge in [0.25, 0.3) is 0 Å². The van der Waals surface area contributed by atoms with Crippen molar-refractivity contribution in [2.24, 2.45) is 0 Å². The highest BCUT2D eigenvalue weighted by molar-refractivity contribution is 5.76. The van der Waals surface area contributed by atoms with Crippen LogP contribution in [0.5, 0.6) is 11.5 Å². The lowest BCUT2D eigenvalue weighted by Gasteiger charge is -2.23. The number of carbonyl (C=O) groups excluding carboxylic acids is 1. The Hall–Kier alpha value is -3.34. The quantitative estimate of drug-likeness (QED) is 0.667. The molecule has 0 fully saturated rings. The molecule has 148 valence electrons. The number of pyridine rings is 1. The lowest BCUT2D eigenvalue weighted by atomic mass is 9.98. The molecule has 5 nitrogen and oxygen atoms in total. The van der Waals surface area contributed by atoms with Crippen molar-refractivity contribution in [2.45, 2.75) is 25.3 Å². The molecule has 4 rings (SSSR count). The summed E-state index contributed by atoms with van der Waals surface area (Å²) in [5.74, 6) is 1.51. The minimum Gasteiger partial charge on any atom is -0.486 e. The molecule has 0 bridgehead atoms. The first-order chi connectivity index (χ1) is 14.3. The van der Waals surface area contributed by atoms with Gasteiger partial charge in [-0.3, -0.25) is 9.78 Å². The number of hydrogen-bond acceptors (Lipinski definition) is 4. The Morgan fingerprint density at radius 1 is 0.931 bits per heavy atom. The van der Waals surface area contributed by atoms with Gasteiger partial charge in [0.1, 0.15) is 13.2 Å². The van der Waals surface area contributed by atoms with Crippen molar-refractivity contribution >= 4 is 5.91 Å². The zero-order valence-electron chi connectivity index (χ0n) is 16.2. The molecule has 1 atom stereocenters. The molecule has 1 amide bonds. The Morgan fingerprint density at radius 2 is 1.69 bits per heavy atom. The molecule has 0 unspecified atom stereocenters. The van der Waals surface area contributed by atoms with E-state index in [9.17, 15) is 4.79 Å². The zero-order chi connectivity index (χ0) is 19.9. The van der Waals surface area contributed by atoms with Gasteiger partial charge in [0, 0.05) is 18.8 Å². The molecule has 1 aliphatic heterocycles. The molecule has 0 radical (unpaired) electrons. The highest BCUT2D eigenvalue weighted by atomic mass is 16.6. The van der Waals surface area contributed by atoms with E-state index in [0.29, 0.717) is 32.5 Å². The van der Waals surface area contributed by atoms with Crippen molar-refractivity contribution in [3.63, 3.8) is 0 Å². The average Bonchev–Trinajstić information content (AvgIpc) is 2.78. The summed E-state index contributed by atoms with van der Waals surface area (Å²) in [5, 5.41) is 3.21. The molecule has 0 spiro atoms. The van der Waals surface area contributed by atoms with Gasteiger partial charge in [-0.1, -0.05) is 36.4 Å². The maximum absolute atomic E-state index is 12.7. The van der Waals surface area contributed by atoms with Crippen LogP contribution in [0, 0.1) is 0 Å². The topological polar surface area (TPSA) is 60.5 Å². The maximum atomic E-state index is 12.7. The standard InChI is InChI=1S/C24H24N2O3/c27-24(9-6-18-10-12-25-13-11-18)26-21(16-19-4-2-1-3-5-19)20-7-8-22-23(17-20)29-15-14-28-22/h1-5,7-8,10-13,17,21H,6,9,14-16H2,(H,26,27)/t21-/m1/s1. The molecule has 5 heteroatoms. The summed E-state index contributed by atoms with van der Waals surface area (Å²) < 4.78 is 11.4. The number of hydrogen-bond donors (Lipinski definition) is 1. The third-order valence-electron chi connectivity index (χ3n) is 4.98. The van der Waals surface area contributed by atoms with Crippen molar-refractivity contribution in [1.82, 2.24) is 10.3 Å². The molecule has 2 heterocycles. The number of rotatable bonds is 7. The minimum atomic E-state index is -0.141. The monoisotopic (exact) mass is 388 g/mol. The van der Waals surface area contributed by atoms with Crippen LogP contribution in [0.4, 0.5) is 0 Å². The molecule has 2 aromatic carbocycles. The Balaban J connectivity index is 1.49. The van der Waals surface area contributed by atoms with Crippen LogP contribution < -0.4 is 14.8 Å². The van der Waals surface area contributed by atoms with Crippen LogP contribution in [-0.2, 0) is 17.6 Å². The fraction of sp³-hybridized carbons (Fsp3) is 0.250. The number of nitrogens with zero attached hydrogens (tertiary/aromatic N) is 1. The number of ether oxygens (including phenoxy) is 2. The summed E-state index contributed by atoms with van der Waals surface area (Å²) in [6, 6.07) is 19.8. The van der Waals surface area contributed by atoms with E-state index in [0.717, 1.165) is 22.6 Å². The second kappa shape index (κ2) is 9.24. The maximum Gasteiger partial charge on any atom is 0.220 e. The number of benzene rings is 2. The molecule has 1 aliphatic rings. The molecule has 3 aromatic rings. The highest BCUT2D eigenvalue weighted by Crippen LogP contribution is 2.33. The van der Waals surface area contributed by atoms with Crippen LogP contribution in [0.3, 0.4) is 0 Å². The Bertz CT molecular complexity index is 945. The second-order valence-electron chi connectivity index (χ2n) is 7.07. The summed E-state index contributed by atoms with van der Waals surface area (Å²) in [6.07, 6.45) is 5.33.